The predicted molar refractivity (Wildman–Crippen MR) is 67.3 cm³/mol. The Bertz CT molecular complexity index is 434. The van der Waals surface area contributed by atoms with Gasteiger partial charge in [0.2, 0.25) is 0 Å². The molecule has 0 saturated carbocycles. The number of thiocarbonyl (C=S) groups is 1. The Morgan fingerprint density at radius 3 is 2.31 bits per heavy atom. The maximum absolute atomic E-state index is 12.7. The third-order valence-corrected chi connectivity index (χ3v) is 2.79. The first-order chi connectivity index (χ1) is 7.21. The molecule has 1 aromatic rings. The molecule has 3 N–H and O–H groups in total. The standard InChI is InChI=1S/C8H5Br2F3N2S/c9-3-1-4(8(11,12)13)6(5(10)2-3)15-7(14)16/h1-2H,(H3,14,15,16). The van der Waals surface area contributed by atoms with E-state index in [-0.39, 0.29) is 15.3 Å². The first-order valence-corrected chi connectivity index (χ1v) is 5.84. The zero-order chi connectivity index (χ0) is 12.5. The van der Waals surface area contributed by atoms with Gasteiger partial charge in [-0.05, 0) is 40.3 Å². The van der Waals surface area contributed by atoms with Gasteiger partial charge in [0, 0.05) is 8.95 Å². The van der Waals surface area contributed by atoms with Gasteiger partial charge in [-0.25, -0.2) is 0 Å². The molecule has 2 nitrogen and oxygen atoms in total. The monoisotopic (exact) mass is 376 g/mol. The molecule has 0 fully saturated rings. The van der Waals surface area contributed by atoms with Crippen LogP contribution in [0.4, 0.5) is 18.9 Å². The lowest BCUT2D eigenvalue weighted by Crippen LogP contribution is -2.22. The first-order valence-electron chi connectivity index (χ1n) is 3.84. The summed E-state index contributed by atoms with van der Waals surface area (Å²) in [5.74, 6) is 0. The molecule has 1 rings (SSSR count). The van der Waals surface area contributed by atoms with Crippen LogP contribution >= 0.6 is 44.1 Å². The fraction of sp³-hybridized carbons (Fsp3) is 0.125. The van der Waals surface area contributed by atoms with Crippen molar-refractivity contribution < 1.29 is 13.2 Å². The SMILES string of the molecule is NC(=S)Nc1c(Br)cc(Br)cc1C(F)(F)F. The minimum Gasteiger partial charge on any atom is -0.376 e. The smallest absolute Gasteiger partial charge is 0.376 e. The average molecular weight is 378 g/mol. The maximum atomic E-state index is 12.7. The highest BCUT2D eigenvalue weighted by atomic mass is 79.9. The second-order valence-electron chi connectivity index (χ2n) is 2.80. The van der Waals surface area contributed by atoms with Crippen molar-refractivity contribution in [3.05, 3.63) is 26.6 Å². The highest BCUT2D eigenvalue weighted by Gasteiger charge is 2.35. The third kappa shape index (κ3) is 3.33. The quantitative estimate of drug-likeness (QED) is 0.729. The van der Waals surface area contributed by atoms with E-state index in [0.717, 1.165) is 6.07 Å². The van der Waals surface area contributed by atoms with E-state index in [9.17, 15) is 13.2 Å². The van der Waals surface area contributed by atoms with Crippen LogP contribution in [0.5, 0.6) is 0 Å². The van der Waals surface area contributed by atoms with Gasteiger partial charge in [-0.15, -0.1) is 0 Å². The van der Waals surface area contributed by atoms with E-state index in [4.69, 9.17) is 5.73 Å². The number of nitrogens with two attached hydrogens (primary N) is 1. The minimum atomic E-state index is -4.49. The van der Waals surface area contributed by atoms with Gasteiger partial charge in [-0.1, -0.05) is 15.9 Å². The molecule has 0 heterocycles. The Labute approximate surface area is 112 Å². The van der Waals surface area contributed by atoms with E-state index in [1.165, 1.54) is 6.07 Å². The molecule has 8 heteroatoms. The number of hydrogen-bond acceptors (Lipinski definition) is 1. The van der Waals surface area contributed by atoms with Crippen molar-refractivity contribution in [3.63, 3.8) is 0 Å². The maximum Gasteiger partial charge on any atom is 0.418 e. The van der Waals surface area contributed by atoms with Gasteiger partial charge in [0.05, 0.1) is 11.3 Å². The van der Waals surface area contributed by atoms with Crippen molar-refractivity contribution in [3.8, 4) is 0 Å². The van der Waals surface area contributed by atoms with Crippen molar-refractivity contribution in [2.45, 2.75) is 6.18 Å². The number of alkyl halides is 3. The molecule has 0 amide bonds. The molecular weight excluding hydrogens is 373 g/mol. The number of anilines is 1. The Kier molecular flexibility index (Phi) is 4.19. The highest BCUT2D eigenvalue weighted by Crippen LogP contribution is 2.40. The predicted octanol–water partition coefficient (Wildman–Crippen LogP) is 3.89. The highest BCUT2D eigenvalue weighted by molar-refractivity contribution is 9.11. The summed E-state index contributed by atoms with van der Waals surface area (Å²) in [5.41, 5.74) is 4.13. The molecule has 0 bridgehead atoms. The largest absolute Gasteiger partial charge is 0.418 e. The van der Waals surface area contributed by atoms with Crippen LogP contribution in [-0.2, 0) is 6.18 Å². The number of hydrogen-bond donors (Lipinski definition) is 2. The van der Waals surface area contributed by atoms with Crippen LogP contribution in [0, 0.1) is 0 Å². The zero-order valence-electron chi connectivity index (χ0n) is 7.53. The van der Waals surface area contributed by atoms with E-state index in [2.05, 4.69) is 49.4 Å². The van der Waals surface area contributed by atoms with Crippen molar-refractivity contribution >= 4 is 54.9 Å². The first kappa shape index (κ1) is 13.7. The molecule has 88 valence electrons. The summed E-state index contributed by atoms with van der Waals surface area (Å²) in [4.78, 5) is 0. The summed E-state index contributed by atoms with van der Waals surface area (Å²) in [7, 11) is 0. The lowest BCUT2D eigenvalue weighted by Gasteiger charge is -2.15. The lowest BCUT2D eigenvalue weighted by molar-refractivity contribution is -0.137. The van der Waals surface area contributed by atoms with Crippen LogP contribution in [0.3, 0.4) is 0 Å². The Morgan fingerprint density at radius 2 is 1.88 bits per heavy atom. The van der Waals surface area contributed by atoms with Crippen LogP contribution in [0.15, 0.2) is 21.1 Å². The lowest BCUT2D eigenvalue weighted by atomic mass is 10.1. The second kappa shape index (κ2) is 4.89. The molecule has 1 aromatic carbocycles. The van der Waals surface area contributed by atoms with Gasteiger partial charge in [0.1, 0.15) is 0 Å². The number of rotatable bonds is 1. The molecule has 0 unspecified atom stereocenters. The molecule has 0 aliphatic rings. The summed E-state index contributed by atoms with van der Waals surface area (Å²) in [6.45, 7) is 0. The Balaban J connectivity index is 3.38. The van der Waals surface area contributed by atoms with E-state index in [1.807, 2.05) is 0 Å². The summed E-state index contributed by atoms with van der Waals surface area (Å²) >= 11 is 10.5. The van der Waals surface area contributed by atoms with Crippen LogP contribution < -0.4 is 11.1 Å². The molecule has 0 spiro atoms. The van der Waals surface area contributed by atoms with E-state index in [1.54, 1.807) is 0 Å². The van der Waals surface area contributed by atoms with Gasteiger partial charge in [0.15, 0.2) is 5.11 Å². The normalized spacial score (nSPS) is 11.3. The molecule has 0 radical (unpaired) electrons. The number of nitrogens with one attached hydrogen (secondary N) is 1. The zero-order valence-corrected chi connectivity index (χ0v) is 11.5. The van der Waals surface area contributed by atoms with Crippen LogP contribution in [0.2, 0.25) is 0 Å². The fourth-order valence-electron chi connectivity index (χ4n) is 1.05. The molecule has 0 aliphatic heterocycles. The minimum absolute atomic E-state index is 0.191. The van der Waals surface area contributed by atoms with Crippen molar-refractivity contribution in [1.82, 2.24) is 0 Å². The molecule has 0 aromatic heterocycles. The summed E-state index contributed by atoms with van der Waals surface area (Å²) in [6, 6.07) is 2.42. The summed E-state index contributed by atoms with van der Waals surface area (Å²) < 4.78 is 38.6. The van der Waals surface area contributed by atoms with Crippen molar-refractivity contribution in [2.24, 2.45) is 5.73 Å². The molecular formula is C8H5Br2F3N2S. The average Bonchev–Trinajstić information content (AvgIpc) is 2.06. The molecule has 0 atom stereocenters. The van der Waals surface area contributed by atoms with E-state index in [0.29, 0.717) is 4.47 Å². The summed E-state index contributed by atoms with van der Waals surface area (Å²) in [6.07, 6.45) is -4.49. The molecule has 0 aliphatic carbocycles. The van der Waals surface area contributed by atoms with Crippen molar-refractivity contribution in [1.29, 1.82) is 0 Å². The number of benzene rings is 1. The van der Waals surface area contributed by atoms with Crippen LogP contribution in [-0.4, -0.2) is 5.11 Å². The van der Waals surface area contributed by atoms with Gasteiger partial charge in [0.25, 0.3) is 0 Å². The van der Waals surface area contributed by atoms with Crippen LogP contribution in [0.25, 0.3) is 0 Å². The third-order valence-electron chi connectivity index (χ3n) is 1.61. The van der Waals surface area contributed by atoms with Gasteiger partial charge < -0.3 is 11.1 Å². The summed E-state index contributed by atoms with van der Waals surface area (Å²) in [5, 5.41) is 2.07. The van der Waals surface area contributed by atoms with E-state index >= 15 is 0 Å². The number of halogens is 5. The van der Waals surface area contributed by atoms with Crippen LogP contribution in [0.1, 0.15) is 5.56 Å². The molecule has 16 heavy (non-hydrogen) atoms. The van der Waals surface area contributed by atoms with Gasteiger partial charge in [-0.2, -0.15) is 13.2 Å². The van der Waals surface area contributed by atoms with Crippen molar-refractivity contribution in [2.75, 3.05) is 5.32 Å². The topological polar surface area (TPSA) is 38.0 Å². The van der Waals surface area contributed by atoms with Gasteiger partial charge >= 0.3 is 6.18 Å². The fourth-order valence-corrected chi connectivity index (χ4v) is 2.47. The van der Waals surface area contributed by atoms with Gasteiger partial charge in [-0.3, -0.25) is 0 Å². The second-order valence-corrected chi connectivity index (χ2v) is 5.01. The van der Waals surface area contributed by atoms with E-state index < -0.39 is 11.7 Å². The molecule has 0 saturated heterocycles. The Hall–Kier alpha value is -0.340. The Morgan fingerprint density at radius 1 is 1.31 bits per heavy atom.